The molecule has 0 bridgehead atoms. The van der Waals surface area contributed by atoms with Crippen LogP contribution in [0.1, 0.15) is 0 Å². The van der Waals surface area contributed by atoms with E-state index in [4.69, 9.17) is 0 Å². The molecule has 0 radical (unpaired) electrons. The fourth-order valence-electron chi connectivity index (χ4n) is 1.07. The highest BCUT2D eigenvalue weighted by molar-refractivity contribution is 5.67. The fraction of sp³-hybridized carbons (Fsp3) is 0.625. The van der Waals surface area contributed by atoms with Crippen molar-refractivity contribution in [1.82, 2.24) is 10.2 Å². The van der Waals surface area contributed by atoms with Crippen LogP contribution < -0.4 is 5.32 Å². The Hall–Kier alpha value is -1.03. The van der Waals surface area contributed by atoms with Crippen LogP contribution in [0.25, 0.3) is 0 Å². The number of rotatable bonds is 0. The number of ether oxygens (including phenoxy) is 1. The van der Waals surface area contributed by atoms with Crippen molar-refractivity contribution in [3.05, 3.63) is 12.2 Å². The Labute approximate surface area is 72.2 Å². The highest BCUT2D eigenvalue weighted by Gasteiger charge is 2.11. The zero-order chi connectivity index (χ0) is 8.81. The molecule has 4 heteroatoms. The van der Waals surface area contributed by atoms with Gasteiger partial charge in [0.1, 0.15) is 0 Å². The predicted molar refractivity (Wildman–Crippen MR) is 46.0 cm³/mol. The molecule has 68 valence electrons. The number of carbonyl (C=O) groups excluding carboxylic acids is 1. The van der Waals surface area contributed by atoms with E-state index in [9.17, 15) is 4.79 Å². The van der Waals surface area contributed by atoms with Crippen LogP contribution in [0.4, 0.5) is 4.79 Å². The van der Waals surface area contributed by atoms with E-state index in [0.717, 1.165) is 13.1 Å². The summed E-state index contributed by atoms with van der Waals surface area (Å²) in [5.41, 5.74) is 0. The molecule has 12 heavy (non-hydrogen) atoms. The topological polar surface area (TPSA) is 41.6 Å². The molecule has 1 N–H and O–H groups in total. The van der Waals surface area contributed by atoms with Crippen LogP contribution in [0.5, 0.6) is 0 Å². The third-order valence-corrected chi connectivity index (χ3v) is 1.75. The molecular weight excluding hydrogens is 156 g/mol. The Morgan fingerprint density at radius 2 is 2.42 bits per heavy atom. The first-order chi connectivity index (χ1) is 5.84. The van der Waals surface area contributed by atoms with Crippen molar-refractivity contribution in [3.8, 4) is 0 Å². The molecule has 0 spiro atoms. The molecule has 0 saturated heterocycles. The number of nitrogens with one attached hydrogen (secondary N) is 1. The van der Waals surface area contributed by atoms with Gasteiger partial charge in [-0.2, -0.15) is 0 Å². The van der Waals surface area contributed by atoms with Gasteiger partial charge in [0.25, 0.3) is 0 Å². The van der Waals surface area contributed by atoms with E-state index >= 15 is 0 Å². The highest BCUT2D eigenvalue weighted by Crippen LogP contribution is 1.94. The lowest BCUT2D eigenvalue weighted by atomic mass is 10.4. The summed E-state index contributed by atoms with van der Waals surface area (Å²) in [5.74, 6) is 0. The van der Waals surface area contributed by atoms with Crippen molar-refractivity contribution in [2.24, 2.45) is 0 Å². The van der Waals surface area contributed by atoms with E-state index in [1.165, 1.54) is 7.11 Å². The average molecular weight is 170 g/mol. The van der Waals surface area contributed by atoms with Crippen molar-refractivity contribution < 1.29 is 9.53 Å². The van der Waals surface area contributed by atoms with Gasteiger partial charge >= 0.3 is 6.09 Å². The second kappa shape index (κ2) is 4.77. The first kappa shape index (κ1) is 9.06. The molecular formula is C8H14N2O2. The van der Waals surface area contributed by atoms with Crippen molar-refractivity contribution >= 4 is 6.09 Å². The quantitative estimate of drug-likeness (QED) is 0.528. The van der Waals surface area contributed by atoms with Crippen molar-refractivity contribution in [1.29, 1.82) is 0 Å². The molecule has 0 aromatic rings. The fourth-order valence-corrected chi connectivity index (χ4v) is 1.07. The van der Waals surface area contributed by atoms with Gasteiger partial charge < -0.3 is 15.0 Å². The van der Waals surface area contributed by atoms with Crippen LogP contribution in [-0.4, -0.2) is 44.3 Å². The van der Waals surface area contributed by atoms with Gasteiger partial charge in [-0.25, -0.2) is 4.79 Å². The maximum atomic E-state index is 11.1. The molecule has 0 unspecified atom stereocenters. The summed E-state index contributed by atoms with van der Waals surface area (Å²) in [7, 11) is 1.40. The molecule has 0 atom stereocenters. The minimum Gasteiger partial charge on any atom is -0.453 e. The summed E-state index contributed by atoms with van der Waals surface area (Å²) in [6.07, 6.45) is 3.71. The molecule has 1 heterocycles. The maximum Gasteiger partial charge on any atom is 0.409 e. The summed E-state index contributed by atoms with van der Waals surface area (Å²) in [6.45, 7) is 3.06. The van der Waals surface area contributed by atoms with E-state index in [2.05, 4.69) is 10.1 Å². The summed E-state index contributed by atoms with van der Waals surface area (Å²) < 4.78 is 4.61. The first-order valence-electron chi connectivity index (χ1n) is 4.03. The molecule has 1 aliphatic rings. The van der Waals surface area contributed by atoms with Crippen molar-refractivity contribution in [2.75, 3.05) is 33.3 Å². The van der Waals surface area contributed by atoms with Gasteiger partial charge in [-0.1, -0.05) is 12.2 Å². The standard InChI is InChI=1S/C8H14N2O2/c1-12-8(11)10-6-3-2-4-9-5-7-10/h2-3,9H,4-7H2,1H3/b3-2+. The average Bonchev–Trinajstić information content (AvgIpc) is 2.02. The normalized spacial score (nSPS) is 20.9. The summed E-state index contributed by atoms with van der Waals surface area (Å²) >= 11 is 0. The zero-order valence-corrected chi connectivity index (χ0v) is 7.25. The highest BCUT2D eigenvalue weighted by atomic mass is 16.5. The summed E-state index contributed by atoms with van der Waals surface area (Å²) in [6, 6.07) is 0. The molecule has 0 aliphatic carbocycles. The Morgan fingerprint density at radius 1 is 1.58 bits per heavy atom. The van der Waals surface area contributed by atoms with Crippen LogP contribution >= 0.6 is 0 Å². The van der Waals surface area contributed by atoms with Crippen LogP contribution in [0.3, 0.4) is 0 Å². The zero-order valence-electron chi connectivity index (χ0n) is 7.25. The van der Waals surface area contributed by atoms with Crippen molar-refractivity contribution in [2.45, 2.75) is 0 Å². The van der Waals surface area contributed by atoms with Crippen LogP contribution in [-0.2, 0) is 4.74 Å². The maximum absolute atomic E-state index is 11.1. The third-order valence-electron chi connectivity index (χ3n) is 1.75. The van der Waals surface area contributed by atoms with Gasteiger partial charge in [-0.3, -0.25) is 0 Å². The molecule has 0 aromatic carbocycles. The van der Waals surface area contributed by atoms with E-state index in [1.807, 2.05) is 12.2 Å². The molecule has 1 aliphatic heterocycles. The van der Waals surface area contributed by atoms with Crippen LogP contribution in [0.2, 0.25) is 0 Å². The minimum atomic E-state index is -0.261. The Kier molecular flexibility index (Phi) is 3.60. The van der Waals surface area contributed by atoms with Gasteiger partial charge in [-0.05, 0) is 0 Å². The number of hydrogen-bond acceptors (Lipinski definition) is 3. The monoisotopic (exact) mass is 170 g/mol. The van der Waals surface area contributed by atoms with E-state index in [-0.39, 0.29) is 6.09 Å². The van der Waals surface area contributed by atoms with Gasteiger partial charge in [0.15, 0.2) is 0 Å². The van der Waals surface area contributed by atoms with Gasteiger partial charge in [-0.15, -0.1) is 0 Å². The number of amides is 1. The lowest BCUT2D eigenvalue weighted by molar-refractivity contribution is 0.128. The van der Waals surface area contributed by atoms with Crippen molar-refractivity contribution in [3.63, 3.8) is 0 Å². The SMILES string of the molecule is COC(=O)N1C/C=C/CNCC1. The lowest BCUT2D eigenvalue weighted by Gasteiger charge is -2.20. The van der Waals surface area contributed by atoms with E-state index in [1.54, 1.807) is 4.90 Å². The second-order valence-electron chi connectivity index (χ2n) is 2.59. The Bertz CT molecular complexity index is 180. The number of carbonyl (C=O) groups is 1. The number of hydrogen-bond donors (Lipinski definition) is 1. The Balaban J connectivity index is 2.45. The van der Waals surface area contributed by atoms with E-state index in [0.29, 0.717) is 13.1 Å². The minimum absolute atomic E-state index is 0.261. The summed E-state index contributed by atoms with van der Waals surface area (Å²) in [4.78, 5) is 12.7. The van der Waals surface area contributed by atoms with Gasteiger partial charge in [0, 0.05) is 26.2 Å². The molecule has 4 nitrogen and oxygen atoms in total. The largest absolute Gasteiger partial charge is 0.453 e. The molecule has 0 aromatic heterocycles. The predicted octanol–water partition coefficient (Wildman–Crippen LogP) is 0.214. The van der Waals surface area contributed by atoms with Gasteiger partial charge in [0.2, 0.25) is 0 Å². The molecule has 0 saturated carbocycles. The van der Waals surface area contributed by atoms with E-state index < -0.39 is 0 Å². The second-order valence-corrected chi connectivity index (χ2v) is 2.59. The number of methoxy groups -OCH3 is 1. The third kappa shape index (κ3) is 2.54. The molecule has 1 rings (SSSR count). The molecule has 1 amide bonds. The molecule has 0 fully saturated rings. The number of nitrogens with zero attached hydrogens (tertiary/aromatic N) is 1. The smallest absolute Gasteiger partial charge is 0.409 e. The first-order valence-corrected chi connectivity index (χ1v) is 4.03. The van der Waals surface area contributed by atoms with Crippen LogP contribution in [0.15, 0.2) is 12.2 Å². The Morgan fingerprint density at radius 3 is 3.17 bits per heavy atom. The summed E-state index contributed by atoms with van der Waals surface area (Å²) in [5, 5.41) is 3.16. The lowest BCUT2D eigenvalue weighted by Crippen LogP contribution is -2.38. The van der Waals surface area contributed by atoms with Crippen LogP contribution in [0, 0.1) is 0 Å². The van der Waals surface area contributed by atoms with Gasteiger partial charge in [0.05, 0.1) is 7.11 Å².